The van der Waals surface area contributed by atoms with Crippen LogP contribution in [0.3, 0.4) is 0 Å². The van der Waals surface area contributed by atoms with E-state index in [0.717, 1.165) is 38.4 Å². The maximum atomic E-state index is 12.9. The molecule has 3 rings (SSSR count). The zero-order valence-corrected chi connectivity index (χ0v) is 16.6. The lowest BCUT2D eigenvalue weighted by Crippen LogP contribution is -2.39. The van der Waals surface area contributed by atoms with Gasteiger partial charge in [0.1, 0.15) is 6.04 Å². The molecule has 0 spiro atoms. The molecule has 1 saturated carbocycles. The Morgan fingerprint density at radius 1 is 1.23 bits per heavy atom. The van der Waals surface area contributed by atoms with Gasteiger partial charge in [0.15, 0.2) is 5.82 Å². The Morgan fingerprint density at radius 2 is 2.00 bits per heavy atom. The summed E-state index contributed by atoms with van der Waals surface area (Å²) in [5.41, 5.74) is 0. The van der Waals surface area contributed by atoms with E-state index in [1.165, 1.54) is 25.7 Å². The highest BCUT2D eigenvalue weighted by Gasteiger charge is 2.32. The van der Waals surface area contributed by atoms with Crippen LogP contribution < -0.4 is 0 Å². The Balaban J connectivity index is 1.66. The largest absolute Gasteiger partial charge is 0.341 e. The fourth-order valence-corrected chi connectivity index (χ4v) is 4.42. The number of nitrogens with zero attached hydrogens (tertiary/aromatic N) is 4. The molecular formula is C20H34N4O2. The van der Waals surface area contributed by atoms with Crippen LogP contribution in [0.2, 0.25) is 0 Å². The predicted octanol–water partition coefficient (Wildman–Crippen LogP) is 3.58. The summed E-state index contributed by atoms with van der Waals surface area (Å²) in [6.45, 7) is 9.75. The van der Waals surface area contributed by atoms with Gasteiger partial charge in [0.05, 0.1) is 0 Å². The summed E-state index contributed by atoms with van der Waals surface area (Å²) in [5, 5.41) is 3.98. The molecule has 1 aromatic rings. The average Bonchev–Trinajstić information content (AvgIpc) is 3.22. The van der Waals surface area contributed by atoms with E-state index in [-0.39, 0.29) is 6.04 Å². The highest BCUT2D eigenvalue weighted by atomic mass is 16.5. The lowest BCUT2D eigenvalue weighted by molar-refractivity contribution is -0.132. The van der Waals surface area contributed by atoms with E-state index in [1.807, 2.05) is 11.8 Å². The Kier molecular flexibility index (Phi) is 6.68. The van der Waals surface area contributed by atoms with E-state index in [0.29, 0.717) is 36.5 Å². The van der Waals surface area contributed by atoms with E-state index in [9.17, 15) is 4.79 Å². The monoisotopic (exact) mass is 362 g/mol. The van der Waals surface area contributed by atoms with Crippen LogP contribution in [0.1, 0.15) is 76.6 Å². The van der Waals surface area contributed by atoms with Crippen molar-refractivity contribution in [3.8, 4) is 0 Å². The molecule has 146 valence electrons. The number of rotatable bonds is 6. The topological polar surface area (TPSA) is 62.5 Å². The summed E-state index contributed by atoms with van der Waals surface area (Å²) in [6.07, 6.45) is 8.03. The molecule has 1 aromatic heterocycles. The van der Waals surface area contributed by atoms with Crippen molar-refractivity contribution in [1.82, 2.24) is 19.9 Å². The molecule has 1 aliphatic heterocycles. The van der Waals surface area contributed by atoms with Gasteiger partial charge in [-0.25, -0.2) is 0 Å². The predicted molar refractivity (Wildman–Crippen MR) is 101 cm³/mol. The van der Waals surface area contributed by atoms with Crippen LogP contribution in [0.25, 0.3) is 0 Å². The van der Waals surface area contributed by atoms with Crippen LogP contribution in [-0.4, -0.2) is 52.0 Å². The van der Waals surface area contributed by atoms with E-state index >= 15 is 0 Å². The zero-order valence-electron chi connectivity index (χ0n) is 16.6. The number of carbonyl (C=O) groups is 1. The molecule has 2 fully saturated rings. The van der Waals surface area contributed by atoms with Crippen molar-refractivity contribution < 1.29 is 9.32 Å². The highest BCUT2D eigenvalue weighted by molar-refractivity contribution is 5.76. The number of carbonyl (C=O) groups excluding carboxylic acids is 1. The highest BCUT2D eigenvalue weighted by Crippen LogP contribution is 2.30. The second-order valence-corrected chi connectivity index (χ2v) is 8.47. The van der Waals surface area contributed by atoms with Crippen molar-refractivity contribution in [2.45, 2.75) is 71.8 Å². The van der Waals surface area contributed by atoms with Crippen LogP contribution in [-0.2, 0) is 4.79 Å². The maximum Gasteiger partial charge on any atom is 0.245 e. The van der Waals surface area contributed by atoms with E-state index in [2.05, 4.69) is 28.9 Å². The quantitative estimate of drug-likeness (QED) is 0.774. The fourth-order valence-electron chi connectivity index (χ4n) is 4.42. The van der Waals surface area contributed by atoms with Gasteiger partial charge in [-0.05, 0) is 31.6 Å². The first-order valence-electron chi connectivity index (χ1n) is 10.3. The van der Waals surface area contributed by atoms with E-state index in [1.54, 1.807) is 0 Å². The van der Waals surface area contributed by atoms with Crippen molar-refractivity contribution >= 4 is 5.91 Å². The Hall–Kier alpha value is -1.43. The van der Waals surface area contributed by atoms with Crippen molar-refractivity contribution in [1.29, 1.82) is 0 Å². The molecule has 1 unspecified atom stereocenters. The first-order valence-corrected chi connectivity index (χ1v) is 10.3. The average molecular weight is 363 g/mol. The van der Waals surface area contributed by atoms with Crippen LogP contribution in [0, 0.1) is 18.8 Å². The Bertz CT molecular complexity index is 580. The van der Waals surface area contributed by atoms with Gasteiger partial charge in [0, 0.05) is 32.6 Å². The second-order valence-electron chi connectivity index (χ2n) is 8.47. The molecule has 6 heteroatoms. The molecule has 0 N–H and O–H groups in total. The minimum absolute atomic E-state index is 0.0107. The van der Waals surface area contributed by atoms with E-state index in [4.69, 9.17) is 4.52 Å². The lowest BCUT2D eigenvalue weighted by atomic mass is 10.0. The molecule has 0 bridgehead atoms. The number of aromatic nitrogens is 2. The van der Waals surface area contributed by atoms with Crippen LogP contribution in [0.5, 0.6) is 0 Å². The third-order valence-corrected chi connectivity index (χ3v) is 5.73. The molecule has 1 saturated heterocycles. The number of hydrogen-bond acceptors (Lipinski definition) is 5. The summed E-state index contributed by atoms with van der Waals surface area (Å²) >= 11 is 0. The van der Waals surface area contributed by atoms with Crippen molar-refractivity contribution in [3.63, 3.8) is 0 Å². The van der Waals surface area contributed by atoms with Gasteiger partial charge >= 0.3 is 0 Å². The number of aryl methyl sites for hydroxylation is 1. The summed E-state index contributed by atoms with van der Waals surface area (Å²) in [6, 6.07) is 0.0107. The molecule has 1 atom stereocenters. The molecule has 1 amide bonds. The van der Waals surface area contributed by atoms with Gasteiger partial charge in [0.25, 0.3) is 0 Å². The molecule has 6 nitrogen and oxygen atoms in total. The normalized spacial score (nSPS) is 22.9. The maximum absolute atomic E-state index is 12.9. The Morgan fingerprint density at radius 3 is 2.65 bits per heavy atom. The van der Waals surface area contributed by atoms with Gasteiger partial charge in [-0.3, -0.25) is 9.69 Å². The summed E-state index contributed by atoms with van der Waals surface area (Å²) in [5.74, 6) is 2.93. The van der Waals surface area contributed by atoms with Crippen molar-refractivity contribution in [2.24, 2.45) is 11.8 Å². The summed E-state index contributed by atoms with van der Waals surface area (Å²) in [7, 11) is 0. The van der Waals surface area contributed by atoms with Gasteiger partial charge in [-0.15, -0.1) is 0 Å². The number of amides is 1. The van der Waals surface area contributed by atoms with Crippen molar-refractivity contribution in [2.75, 3.05) is 26.2 Å². The van der Waals surface area contributed by atoms with Gasteiger partial charge in [-0.1, -0.05) is 44.7 Å². The van der Waals surface area contributed by atoms with Crippen LogP contribution in [0.15, 0.2) is 4.52 Å². The minimum atomic E-state index is 0.0107. The molecule has 26 heavy (non-hydrogen) atoms. The molecule has 0 aromatic carbocycles. The first kappa shape index (κ1) is 19.3. The fraction of sp³-hybridized carbons (Fsp3) is 0.850. The van der Waals surface area contributed by atoms with Gasteiger partial charge in [0.2, 0.25) is 11.8 Å². The van der Waals surface area contributed by atoms with Crippen LogP contribution >= 0.6 is 0 Å². The third-order valence-electron chi connectivity index (χ3n) is 5.73. The van der Waals surface area contributed by atoms with Gasteiger partial charge in [-0.2, -0.15) is 4.98 Å². The first-order chi connectivity index (χ1) is 12.5. The summed E-state index contributed by atoms with van der Waals surface area (Å²) in [4.78, 5) is 21.8. The number of hydrogen-bond donors (Lipinski definition) is 0. The zero-order chi connectivity index (χ0) is 18.5. The molecule has 0 radical (unpaired) electrons. The molecule has 1 aliphatic carbocycles. The molecule has 2 heterocycles. The van der Waals surface area contributed by atoms with Crippen LogP contribution in [0.4, 0.5) is 0 Å². The smallest absolute Gasteiger partial charge is 0.245 e. The van der Waals surface area contributed by atoms with Crippen molar-refractivity contribution in [3.05, 3.63) is 11.7 Å². The van der Waals surface area contributed by atoms with E-state index < -0.39 is 0 Å². The third kappa shape index (κ3) is 5.06. The second kappa shape index (κ2) is 8.98. The lowest BCUT2D eigenvalue weighted by Gasteiger charge is -2.30. The van der Waals surface area contributed by atoms with Gasteiger partial charge < -0.3 is 9.42 Å². The Labute approximate surface area is 157 Å². The SMILES string of the molecule is Cc1noc(C2CN(C(=O)CCC3CCCC3)CCCN2CC(C)C)n1. The molecule has 2 aliphatic rings. The standard InChI is InChI=1S/C20H34N4O2/c1-15(2)13-23-11-6-12-24(14-18(23)20-21-16(3)22-26-20)19(25)10-9-17-7-4-5-8-17/h15,17-18H,4-14H2,1-3H3. The summed E-state index contributed by atoms with van der Waals surface area (Å²) < 4.78 is 5.50. The molecular weight excluding hydrogens is 328 g/mol. The minimum Gasteiger partial charge on any atom is -0.341 e.